The highest BCUT2D eigenvalue weighted by Crippen LogP contribution is 2.16. The topological polar surface area (TPSA) is 77.2 Å². The number of carbonyl (C=O) groups excluding carboxylic acids is 1. The van der Waals surface area contributed by atoms with Crippen LogP contribution >= 0.6 is 0 Å². The number of hydrogen-bond donors (Lipinski definition) is 1. The van der Waals surface area contributed by atoms with E-state index in [0.717, 1.165) is 17.7 Å². The molecular weight excluding hydrogens is 318 g/mol. The van der Waals surface area contributed by atoms with Gasteiger partial charge in [0.25, 0.3) is 5.91 Å². The highest BCUT2D eigenvalue weighted by molar-refractivity contribution is 5.91. The van der Waals surface area contributed by atoms with Gasteiger partial charge in [-0.15, -0.1) is 0 Å². The van der Waals surface area contributed by atoms with Crippen molar-refractivity contribution in [3.63, 3.8) is 0 Å². The minimum atomic E-state index is -0.285. The van der Waals surface area contributed by atoms with E-state index in [4.69, 9.17) is 9.26 Å². The van der Waals surface area contributed by atoms with Crippen molar-refractivity contribution in [2.45, 2.75) is 59.6 Å². The molecule has 0 fully saturated rings. The van der Waals surface area contributed by atoms with Crippen molar-refractivity contribution in [1.82, 2.24) is 15.5 Å². The largest absolute Gasteiger partial charge is 0.475 e. The molecule has 1 N–H and O–H groups in total. The number of hydrogen-bond acceptors (Lipinski definition) is 5. The summed E-state index contributed by atoms with van der Waals surface area (Å²) in [4.78, 5) is 16.4. The second-order valence-electron chi connectivity index (χ2n) is 7.01. The van der Waals surface area contributed by atoms with E-state index < -0.39 is 0 Å². The predicted molar refractivity (Wildman–Crippen MR) is 95.5 cm³/mol. The quantitative estimate of drug-likeness (QED) is 0.784. The van der Waals surface area contributed by atoms with Crippen LogP contribution in [0.4, 0.5) is 0 Å². The summed E-state index contributed by atoms with van der Waals surface area (Å²) in [6.07, 6.45) is 2.75. The maximum atomic E-state index is 12.1. The Balaban J connectivity index is 1.91. The van der Waals surface area contributed by atoms with Crippen LogP contribution < -0.4 is 10.1 Å². The van der Waals surface area contributed by atoms with Crippen molar-refractivity contribution in [3.8, 4) is 5.88 Å². The van der Waals surface area contributed by atoms with Crippen LogP contribution in [0, 0.1) is 5.92 Å². The van der Waals surface area contributed by atoms with Gasteiger partial charge in [0, 0.05) is 24.9 Å². The third-order valence-electron chi connectivity index (χ3n) is 3.72. The van der Waals surface area contributed by atoms with Gasteiger partial charge in [-0.2, -0.15) is 0 Å². The number of amides is 1. The third kappa shape index (κ3) is 5.89. The van der Waals surface area contributed by atoms with Crippen LogP contribution in [0.25, 0.3) is 0 Å². The van der Waals surface area contributed by atoms with Gasteiger partial charge in [-0.05, 0) is 36.8 Å². The average Bonchev–Trinajstić information content (AvgIpc) is 3.02. The number of aromatic nitrogens is 2. The molecule has 2 aromatic heterocycles. The Hall–Kier alpha value is -2.37. The molecule has 25 heavy (non-hydrogen) atoms. The summed E-state index contributed by atoms with van der Waals surface area (Å²) < 4.78 is 10.9. The number of rotatable bonds is 8. The van der Waals surface area contributed by atoms with Gasteiger partial charge in [-0.25, -0.2) is 4.98 Å². The van der Waals surface area contributed by atoms with E-state index >= 15 is 0 Å². The fourth-order valence-corrected chi connectivity index (χ4v) is 2.48. The summed E-state index contributed by atoms with van der Waals surface area (Å²) in [5.74, 6) is 1.29. The predicted octanol–water partition coefficient (Wildman–Crippen LogP) is 3.94. The first-order valence-electron chi connectivity index (χ1n) is 8.71. The molecule has 0 aliphatic rings. The van der Waals surface area contributed by atoms with E-state index in [2.05, 4.69) is 29.3 Å². The zero-order valence-electron chi connectivity index (χ0n) is 15.6. The minimum absolute atomic E-state index is 0.0981. The fourth-order valence-electron chi connectivity index (χ4n) is 2.48. The molecule has 2 heterocycles. The SMILES string of the molecule is CC(C)CC(C)Oc1cc(CNC(=O)c2cc(C(C)C)no2)ccn1. The molecule has 0 aromatic carbocycles. The molecule has 1 amide bonds. The molecule has 0 aliphatic heterocycles. The Bertz CT molecular complexity index is 695. The molecule has 136 valence electrons. The minimum Gasteiger partial charge on any atom is -0.475 e. The smallest absolute Gasteiger partial charge is 0.290 e. The Morgan fingerprint density at radius 1 is 1.24 bits per heavy atom. The van der Waals surface area contributed by atoms with Crippen LogP contribution in [0.2, 0.25) is 0 Å². The Morgan fingerprint density at radius 3 is 2.64 bits per heavy atom. The molecule has 2 aromatic rings. The van der Waals surface area contributed by atoms with Gasteiger partial charge < -0.3 is 14.6 Å². The first-order valence-corrected chi connectivity index (χ1v) is 8.71. The number of carbonyl (C=O) groups is 1. The first-order chi connectivity index (χ1) is 11.8. The van der Waals surface area contributed by atoms with Gasteiger partial charge >= 0.3 is 0 Å². The zero-order chi connectivity index (χ0) is 18.4. The van der Waals surface area contributed by atoms with Gasteiger partial charge in [0.2, 0.25) is 11.6 Å². The second kappa shape index (κ2) is 8.65. The van der Waals surface area contributed by atoms with Crippen molar-refractivity contribution >= 4 is 5.91 Å². The number of ether oxygens (including phenoxy) is 1. The van der Waals surface area contributed by atoms with Crippen molar-refractivity contribution in [1.29, 1.82) is 0 Å². The van der Waals surface area contributed by atoms with Gasteiger partial charge in [0.15, 0.2) is 0 Å². The van der Waals surface area contributed by atoms with Gasteiger partial charge in [0.1, 0.15) is 0 Å². The highest BCUT2D eigenvalue weighted by Gasteiger charge is 2.14. The maximum Gasteiger partial charge on any atom is 0.290 e. The lowest BCUT2D eigenvalue weighted by Gasteiger charge is -2.16. The van der Waals surface area contributed by atoms with Gasteiger partial charge in [-0.1, -0.05) is 32.9 Å². The summed E-state index contributed by atoms with van der Waals surface area (Å²) in [6, 6.07) is 5.37. The third-order valence-corrected chi connectivity index (χ3v) is 3.72. The van der Waals surface area contributed by atoms with Crippen LogP contribution in [-0.2, 0) is 6.54 Å². The number of nitrogens with zero attached hydrogens (tertiary/aromatic N) is 2. The Labute approximate surface area is 149 Å². The second-order valence-corrected chi connectivity index (χ2v) is 7.01. The van der Waals surface area contributed by atoms with Crippen LogP contribution in [-0.4, -0.2) is 22.2 Å². The molecule has 0 saturated heterocycles. The maximum absolute atomic E-state index is 12.1. The zero-order valence-corrected chi connectivity index (χ0v) is 15.6. The molecule has 0 bridgehead atoms. The van der Waals surface area contributed by atoms with E-state index in [-0.39, 0.29) is 23.7 Å². The van der Waals surface area contributed by atoms with Gasteiger partial charge in [-0.3, -0.25) is 4.79 Å². The van der Waals surface area contributed by atoms with Crippen molar-refractivity contribution in [3.05, 3.63) is 41.4 Å². The van der Waals surface area contributed by atoms with Crippen LogP contribution in [0.5, 0.6) is 5.88 Å². The van der Waals surface area contributed by atoms with E-state index in [1.165, 1.54) is 0 Å². The van der Waals surface area contributed by atoms with Gasteiger partial charge in [0.05, 0.1) is 11.8 Å². The van der Waals surface area contributed by atoms with Crippen LogP contribution in [0.3, 0.4) is 0 Å². The molecule has 0 spiro atoms. The summed E-state index contributed by atoms with van der Waals surface area (Å²) in [7, 11) is 0. The van der Waals surface area contributed by atoms with Crippen molar-refractivity contribution in [2.24, 2.45) is 5.92 Å². The summed E-state index contributed by atoms with van der Waals surface area (Å²) in [5, 5.41) is 6.72. The normalized spacial score (nSPS) is 12.4. The van der Waals surface area contributed by atoms with E-state index in [1.807, 2.05) is 32.9 Å². The van der Waals surface area contributed by atoms with E-state index in [0.29, 0.717) is 18.3 Å². The Morgan fingerprint density at radius 2 is 2.00 bits per heavy atom. The lowest BCUT2D eigenvalue weighted by atomic mass is 10.1. The number of nitrogens with one attached hydrogen (secondary N) is 1. The molecule has 1 atom stereocenters. The monoisotopic (exact) mass is 345 g/mol. The lowest BCUT2D eigenvalue weighted by molar-refractivity contribution is 0.0913. The first kappa shape index (κ1) is 19.0. The molecular formula is C19H27N3O3. The summed E-state index contributed by atoms with van der Waals surface area (Å²) in [5.41, 5.74) is 1.68. The highest BCUT2D eigenvalue weighted by atomic mass is 16.5. The average molecular weight is 345 g/mol. The summed E-state index contributed by atoms with van der Waals surface area (Å²) >= 11 is 0. The molecule has 0 saturated carbocycles. The molecule has 0 aliphatic carbocycles. The Kier molecular flexibility index (Phi) is 6.56. The molecule has 6 heteroatoms. The standard InChI is InChI=1S/C19H27N3O3/c1-12(2)8-14(5)24-18-9-15(6-7-20-18)11-21-19(23)17-10-16(13(3)4)22-25-17/h6-7,9-10,12-14H,8,11H2,1-5H3,(H,21,23). The number of pyridine rings is 1. The molecule has 6 nitrogen and oxygen atoms in total. The van der Waals surface area contributed by atoms with Crippen molar-refractivity contribution < 1.29 is 14.1 Å². The fraction of sp³-hybridized carbons (Fsp3) is 0.526. The van der Waals surface area contributed by atoms with E-state index in [9.17, 15) is 4.79 Å². The van der Waals surface area contributed by atoms with Crippen LogP contribution in [0.15, 0.2) is 28.9 Å². The summed E-state index contributed by atoms with van der Waals surface area (Å²) in [6.45, 7) is 10.7. The lowest BCUT2D eigenvalue weighted by Crippen LogP contribution is -2.22. The molecule has 0 radical (unpaired) electrons. The van der Waals surface area contributed by atoms with Crippen LogP contribution in [0.1, 0.15) is 68.8 Å². The van der Waals surface area contributed by atoms with Crippen molar-refractivity contribution in [2.75, 3.05) is 0 Å². The van der Waals surface area contributed by atoms with E-state index in [1.54, 1.807) is 12.3 Å². The molecule has 1 unspecified atom stereocenters. The molecule has 2 rings (SSSR count).